The largest absolute Gasteiger partial charge is 0.341 e. The Labute approximate surface area is 120 Å². The van der Waals surface area contributed by atoms with Gasteiger partial charge in [-0.25, -0.2) is 0 Å². The molecule has 2 aliphatic rings. The molecule has 5 heteroatoms. The number of nitriles is 1. The molecule has 5 nitrogen and oxygen atoms in total. The quantitative estimate of drug-likeness (QED) is 0.730. The lowest BCUT2D eigenvalue weighted by Crippen LogP contribution is -2.46. The molecule has 2 fully saturated rings. The molecule has 0 spiro atoms. The number of nitrogens with zero attached hydrogens (tertiary/aromatic N) is 3. The lowest BCUT2D eigenvalue weighted by molar-refractivity contribution is -0.141. The van der Waals surface area contributed by atoms with Crippen molar-refractivity contribution in [3.8, 4) is 6.07 Å². The first kappa shape index (κ1) is 14.8. The molecule has 0 aromatic heterocycles. The summed E-state index contributed by atoms with van der Waals surface area (Å²) in [5.74, 6) is 0.0528. The third-order valence-corrected chi connectivity index (χ3v) is 4.56. The van der Waals surface area contributed by atoms with Crippen LogP contribution in [0.25, 0.3) is 0 Å². The second-order valence-corrected chi connectivity index (χ2v) is 5.91. The summed E-state index contributed by atoms with van der Waals surface area (Å²) in [6, 6.07) is 2.30. The van der Waals surface area contributed by atoms with Crippen LogP contribution in [0.3, 0.4) is 0 Å². The molecular formula is C15H23N3O2. The van der Waals surface area contributed by atoms with Crippen LogP contribution >= 0.6 is 0 Å². The van der Waals surface area contributed by atoms with Crippen LogP contribution < -0.4 is 0 Å². The van der Waals surface area contributed by atoms with Gasteiger partial charge >= 0.3 is 0 Å². The van der Waals surface area contributed by atoms with Crippen LogP contribution in [0.1, 0.15) is 45.4 Å². The average Bonchev–Trinajstić information content (AvgIpc) is 2.73. The van der Waals surface area contributed by atoms with Crippen molar-refractivity contribution in [3.63, 3.8) is 0 Å². The molecule has 1 saturated carbocycles. The number of hydrogen-bond acceptors (Lipinski definition) is 3. The van der Waals surface area contributed by atoms with Crippen molar-refractivity contribution in [3.05, 3.63) is 0 Å². The predicted octanol–water partition coefficient (Wildman–Crippen LogP) is 1.54. The first-order valence-electron chi connectivity index (χ1n) is 7.55. The van der Waals surface area contributed by atoms with Gasteiger partial charge in [0.05, 0.1) is 6.07 Å². The Hall–Kier alpha value is -1.57. The van der Waals surface area contributed by atoms with Gasteiger partial charge in [0, 0.05) is 33.1 Å². The van der Waals surface area contributed by atoms with Crippen LogP contribution in [-0.4, -0.2) is 47.8 Å². The second kappa shape index (κ2) is 6.25. The average molecular weight is 277 g/mol. The fourth-order valence-corrected chi connectivity index (χ4v) is 3.27. The Morgan fingerprint density at radius 3 is 2.15 bits per heavy atom. The summed E-state index contributed by atoms with van der Waals surface area (Å²) in [5, 5.41) is 9.49. The monoisotopic (exact) mass is 277 g/mol. The highest BCUT2D eigenvalue weighted by atomic mass is 16.2. The van der Waals surface area contributed by atoms with E-state index in [2.05, 4.69) is 6.07 Å². The Kier molecular flexibility index (Phi) is 4.64. The highest BCUT2D eigenvalue weighted by molar-refractivity contribution is 5.85. The van der Waals surface area contributed by atoms with Crippen LogP contribution in [0.2, 0.25) is 0 Å². The van der Waals surface area contributed by atoms with Crippen molar-refractivity contribution in [1.82, 2.24) is 9.80 Å². The Bertz CT molecular complexity index is 421. The molecule has 0 aromatic carbocycles. The van der Waals surface area contributed by atoms with Crippen molar-refractivity contribution < 1.29 is 9.59 Å². The summed E-state index contributed by atoms with van der Waals surface area (Å²) in [7, 11) is 0. The summed E-state index contributed by atoms with van der Waals surface area (Å²) >= 11 is 0. The summed E-state index contributed by atoms with van der Waals surface area (Å²) in [6.07, 6.45) is 5.23. The van der Waals surface area contributed by atoms with E-state index in [9.17, 15) is 14.9 Å². The fourth-order valence-electron chi connectivity index (χ4n) is 3.27. The molecule has 1 saturated heterocycles. The number of carbonyl (C=O) groups excluding carboxylic acids is 2. The maximum atomic E-state index is 12.7. The number of carbonyl (C=O) groups is 2. The van der Waals surface area contributed by atoms with Gasteiger partial charge in [-0.2, -0.15) is 5.26 Å². The summed E-state index contributed by atoms with van der Waals surface area (Å²) in [6.45, 7) is 4.07. The normalized spacial score (nSPS) is 22.8. The van der Waals surface area contributed by atoms with Crippen LogP contribution in [0.15, 0.2) is 0 Å². The standard InChI is InChI=1S/C15H23N3O2/c1-13(19)17-8-5-9-18(11-10-17)14(20)15(12-16)6-3-2-4-7-15/h2-11H2,1H3. The molecule has 1 aliphatic carbocycles. The first-order chi connectivity index (χ1) is 9.59. The van der Waals surface area contributed by atoms with Gasteiger partial charge < -0.3 is 9.80 Å². The molecule has 0 bridgehead atoms. The van der Waals surface area contributed by atoms with E-state index in [1.54, 1.807) is 16.7 Å². The number of hydrogen-bond donors (Lipinski definition) is 0. The zero-order valence-corrected chi connectivity index (χ0v) is 12.2. The first-order valence-corrected chi connectivity index (χ1v) is 7.55. The minimum Gasteiger partial charge on any atom is -0.341 e. The van der Waals surface area contributed by atoms with Gasteiger partial charge in [0.1, 0.15) is 5.41 Å². The Morgan fingerprint density at radius 2 is 1.55 bits per heavy atom. The second-order valence-electron chi connectivity index (χ2n) is 5.91. The SMILES string of the molecule is CC(=O)N1CCCN(C(=O)C2(C#N)CCCCC2)CC1. The van der Waals surface area contributed by atoms with Crippen LogP contribution in [-0.2, 0) is 9.59 Å². The highest BCUT2D eigenvalue weighted by Crippen LogP contribution is 2.37. The van der Waals surface area contributed by atoms with E-state index in [4.69, 9.17) is 0 Å². The van der Waals surface area contributed by atoms with Gasteiger partial charge in [0.15, 0.2) is 0 Å². The molecule has 110 valence electrons. The smallest absolute Gasteiger partial charge is 0.243 e. The molecule has 2 amide bonds. The van der Waals surface area contributed by atoms with Crippen LogP contribution in [0.4, 0.5) is 0 Å². The van der Waals surface area contributed by atoms with E-state index in [-0.39, 0.29) is 11.8 Å². The number of rotatable bonds is 1. The van der Waals surface area contributed by atoms with Gasteiger partial charge in [-0.1, -0.05) is 19.3 Å². The van der Waals surface area contributed by atoms with Crippen LogP contribution in [0, 0.1) is 16.7 Å². The molecule has 1 heterocycles. The summed E-state index contributed by atoms with van der Waals surface area (Å²) < 4.78 is 0. The lowest BCUT2D eigenvalue weighted by Gasteiger charge is -2.34. The summed E-state index contributed by atoms with van der Waals surface area (Å²) in [4.78, 5) is 27.7. The Balaban J connectivity index is 2.05. The molecule has 1 aliphatic heterocycles. The van der Waals surface area contributed by atoms with E-state index in [0.717, 1.165) is 25.7 Å². The van der Waals surface area contributed by atoms with Gasteiger partial charge in [-0.05, 0) is 19.3 Å². The van der Waals surface area contributed by atoms with E-state index in [1.165, 1.54) is 0 Å². The third-order valence-electron chi connectivity index (χ3n) is 4.56. The third kappa shape index (κ3) is 2.95. The molecular weight excluding hydrogens is 254 g/mol. The topological polar surface area (TPSA) is 64.4 Å². The van der Waals surface area contributed by atoms with E-state index >= 15 is 0 Å². The number of amides is 2. The van der Waals surface area contributed by atoms with Crippen molar-refractivity contribution in [2.45, 2.75) is 45.4 Å². The van der Waals surface area contributed by atoms with E-state index in [0.29, 0.717) is 39.0 Å². The highest BCUT2D eigenvalue weighted by Gasteiger charge is 2.42. The van der Waals surface area contributed by atoms with Crippen molar-refractivity contribution in [1.29, 1.82) is 5.26 Å². The van der Waals surface area contributed by atoms with Gasteiger partial charge in [-0.3, -0.25) is 9.59 Å². The molecule has 0 N–H and O–H groups in total. The fraction of sp³-hybridized carbons (Fsp3) is 0.800. The Morgan fingerprint density at radius 1 is 0.950 bits per heavy atom. The maximum absolute atomic E-state index is 12.7. The molecule has 0 aromatic rings. The minimum absolute atomic E-state index is 0.00916. The molecule has 0 unspecified atom stereocenters. The predicted molar refractivity (Wildman–Crippen MR) is 74.6 cm³/mol. The minimum atomic E-state index is -0.802. The molecule has 2 rings (SSSR count). The molecule has 20 heavy (non-hydrogen) atoms. The van der Waals surface area contributed by atoms with Crippen molar-refractivity contribution >= 4 is 11.8 Å². The van der Waals surface area contributed by atoms with Gasteiger partial charge in [0.25, 0.3) is 0 Å². The van der Waals surface area contributed by atoms with E-state index in [1.807, 2.05) is 0 Å². The molecule has 0 radical (unpaired) electrons. The van der Waals surface area contributed by atoms with Crippen molar-refractivity contribution in [2.24, 2.45) is 5.41 Å². The maximum Gasteiger partial charge on any atom is 0.243 e. The van der Waals surface area contributed by atoms with Gasteiger partial charge in [0.2, 0.25) is 11.8 Å². The van der Waals surface area contributed by atoms with E-state index < -0.39 is 5.41 Å². The lowest BCUT2D eigenvalue weighted by atomic mass is 9.74. The zero-order chi connectivity index (χ0) is 14.6. The van der Waals surface area contributed by atoms with Crippen LogP contribution in [0.5, 0.6) is 0 Å². The molecule has 0 atom stereocenters. The zero-order valence-electron chi connectivity index (χ0n) is 12.2. The van der Waals surface area contributed by atoms with Crippen molar-refractivity contribution in [2.75, 3.05) is 26.2 Å². The summed E-state index contributed by atoms with van der Waals surface area (Å²) in [5.41, 5.74) is -0.802. The van der Waals surface area contributed by atoms with Gasteiger partial charge in [-0.15, -0.1) is 0 Å².